The monoisotopic (exact) mass is 400 g/mol. The summed E-state index contributed by atoms with van der Waals surface area (Å²) in [4.78, 5) is 39.9. The molecule has 1 saturated carbocycles. The van der Waals surface area contributed by atoms with Gasteiger partial charge in [0.15, 0.2) is 0 Å². The predicted molar refractivity (Wildman–Crippen MR) is 113 cm³/mol. The maximum absolute atomic E-state index is 12.5. The Morgan fingerprint density at radius 1 is 1.00 bits per heavy atom. The summed E-state index contributed by atoms with van der Waals surface area (Å²) >= 11 is 0. The molecule has 7 heteroatoms. The number of nitrogens with one attached hydrogen (secondary N) is 2. The molecule has 3 amide bonds. The number of piperazine rings is 1. The lowest BCUT2D eigenvalue weighted by Gasteiger charge is -2.34. The molecule has 1 saturated heterocycles. The van der Waals surface area contributed by atoms with Crippen molar-refractivity contribution < 1.29 is 14.4 Å². The first-order valence-corrected chi connectivity index (χ1v) is 10.6. The number of anilines is 1. The fraction of sp³-hybridized carbons (Fsp3) is 0.591. The molecular weight excluding hydrogens is 368 g/mol. The van der Waals surface area contributed by atoms with E-state index in [1.165, 1.54) is 19.3 Å². The number of carbonyl (C=O) groups is 3. The van der Waals surface area contributed by atoms with Gasteiger partial charge in [-0.25, -0.2) is 0 Å². The average Bonchev–Trinajstić information content (AvgIpc) is 2.73. The average molecular weight is 401 g/mol. The number of rotatable bonds is 5. The van der Waals surface area contributed by atoms with Crippen LogP contribution in [-0.2, 0) is 9.59 Å². The van der Waals surface area contributed by atoms with Crippen LogP contribution in [0.15, 0.2) is 18.2 Å². The molecule has 1 aliphatic carbocycles. The molecule has 0 radical (unpaired) electrons. The zero-order chi connectivity index (χ0) is 20.8. The smallest absolute Gasteiger partial charge is 0.251 e. The van der Waals surface area contributed by atoms with Crippen LogP contribution >= 0.6 is 0 Å². The lowest BCUT2D eigenvalue weighted by atomic mass is 9.95. The van der Waals surface area contributed by atoms with Crippen LogP contribution in [0.1, 0.15) is 54.9 Å². The summed E-state index contributed by atoms with van der Waals surface area (Å²) in [5.41, 5.74) is 2.45. The van der Waals surface area contributed by atoms with E-state index in [0.717, 1.165) is 24.1 Å². The molecule has 1 aromatic rings. The van der Waals surface area contributed by atoms with E-state index >= 15 is 0 Å². The van der Waals surface area contributed by atoms with Gasteiger partial charge in [-0.2, -0.15) is 0 Å². The van der Waals surface area contributed by atoms with Crippen molar-refractivity contribution in [2.45, 2.75) is 52.0 Å². The van der Waals surface area contributed by atoms with Crippen molar-refractivity contribution in [3.63, 3.8) is 0 Å². The molecule has 0 unspecified atom stereocenters. The van der Waals surface area contributed by atoms with E-state index in [9.17, 15) is 14.4 Å². The van der Waals surface area contributed by atoms with Gasteiger partial charge in [0.05, 0.1) is 6.54 Å². The van der Waals surface area contributed by atoms with Gasteiger partial charge >= 0.3 is 0 Å². The molecular formula is C22H32N4O3. The first-order chi connectivity index (χ1) is 13.9. The number of hydrogen-bond donors (Lipinski definition) is 2. The third-order valence-electron chi connectivity index (χ3n) is 5.94. The SMILES string of the molecule is CC(=O)N1CCN(C(=O)CNc2ccc(C(=O)NC3CCCCC3)cc2C)CC1. The fourth-order valence-corrected chi connectivity index (χ4v) is 4.07. The molecule has 158 valence electrons. The van der Waals surface area contributed by atoms with E-state index in [4.69, 9.17) is 0 Å². The van der Waals surface area contributed by atoms with Gasteiger partial charge < -0.3 is 20.4 Å². The first-order valence-electron chi connectivity index (χ1n) is 10.6. The molecule has 0 atom stereocenters. The molecule has 1 heterocycles. The van der Waals surface area contributed by atoms with Crippen LogP contribution < -0.4 is 10.6 Å². The Labute approximate surface area is 172 Å². The zero-order valence-electron chi connectivity index (χ0n) is 17.5. The molecule has 0 aromatic heterocycles. The van der Waals surface area contributed by atoms with Crippen molar-refractivity contribution >= 4 is 23.4 Å². The predicted octanol–water partition coefficient (Wildman–Crippen LogP) is 2.16. The minimum atomic E-state index is -0.0223. The highest BCUT2D eigenvalue weighted by atomic mass is 16.2. The molecule has 7 nitrogen and oxygen atoms in total. The Bertz CT molecular complexity index is 750. The fourth-order valence-electron chi connectivity index (χ4n) is 4.07. The van der Waals surface area contributed by atoms with Gasteiger partial charge in [0.25, 0.3) is 5.91 Å². The summed E-state index contributed by atoms with van der Waals surface area (Å²) in [5.74, 6) is 0.0520. The maximum atomic E-state index is 12.5. The first kappa shape index (κ1) is 21.1. The molecule has 2 N–H and O–H groups in total. The summed E-state index contributed by atoms with van der Waals surface area (Å²) in [6, 6.07) is 5.84. The number of nitrogens with zero attached hydrogens (tertiary/aromatic N) is 2. The van der Waals surface area contributed by atoms with Gasteiger partial charge in [-0.05, 0) is 43.5 Å². The molecule has 1 aliphatic heterocycles. The summed E-state index contributed by atoms with van der Waals surface area (Å²) in [6.45, 7) is 6.01. The Morgan fingerprint density at radius 2 is 1.66 bits per heavy atom. The molecule has 29 heavy (non-hydrogen) atoms. The van der Waals surface area contributed by atoms with Crippen molar-refractivity contribution in [3.8, 4) is 0 Å². The molecule has 0 bridgehead atoms. The minimum Gasteiger partial charge on any atom is -0.376 e. The van der Waals surface area contributed by atoms with E-state index in [1.54, 1.807) is 16.7 Å². The Kier molecular flexibility index (Phi) is 7.12. The number of amides is 3. The molecule has 0 spiro atoms. The van der Waals surface area contributed by atoms with Crippen molar-refractivity contribution in [2.24, 2.45) is 0 Å². The van der Waals surface area contributed by atoms with Gasteiger partial charge in [-0.1, -0.05) is 19.3 Å². The quantitative estimate of drug-likeness (QED) is 0.794. The van der Waals surface area contributed by atoms with E-state index < -0.39 is 0 Å². The van der Waals surface area contributed by atoms with E-state index in [-0.39, 0.29) is 30.3 Å². The Morgan fingerprint density at radius 3 is 2.28 bits per heavy atom. The van der Waals surface area contributed by atoms with Crippen LogP contribution in [0.25, 0.3) is 0 Å². The lowest BCUT2D eigenvalue weighted by Crippen LogP contribution is -2.51. The van der Waals surface area contributed by atoms with Crippen LogP contribution in [0, 0.1) is 6.92 Å². The number of benzene rings is 1. The van der Waals surface area contributed by atoms with Crippen LogP contribution in [0.2, 0.25) is 0 Å². The van der Waals surface area contributed by atoms with Crippen LogP contribution in [0.5, 0.6) is 0 Å². The summed E-state index contributed by atoms with van der Waals surface area (Å²) in [7, 11) is 0. The van der Waals surface area contributed by atoms with Crippen LogP contribution in [0.3, 0.4) is 0 Å². The minimum absolute atomic E-state index is 0.0201. The summed E-state index contributed by atoms with van der Waals surface area (Å²) in [6.07, 6.45) is 5.76. The lowest BCUT2D eigenvalue weighted by molar-refractivity contribution is -0.137. The standard InChI is InChI=1S/C22H32N4O3/c1-16-14-18(22(29)24-19-6-4-3-5-7-19)8-9-20(16)23-15-21(28)26-12-10-25(11-13-26)17(2)27/h8-9,14,19,23H,3-7,10-13,15H2,1-2H3,(H,24,29). The normalized spacial score (nSPS) is 17.7. The van der Waals surface area contributed by atoms with Gasteiger partial charge in [0, 0.05) is 50.4 Å². The summed E-state index contributed by atoms with van der Waals surface area (Å²) < 4.78 is 0. The van der Waals surface area contributed by atoms with Gasteiger partial charge in [-0.3, -0.25) is 14.4 Å². The molecule has 1 aromatic carbocycles. The van der Waals surface area contributed by atoms with Crippen molar-refractivity contribution in [3.05, 3.63) is 29.3 Å². The van der Waals surface area contributed by atoms with E-state index in [0.29, 0.717) is 31.7 Å². The maximum Gasteiger partial charge on any atom is 0.251 e. The largest absolute Gasteiger partial charge is 0.376 e. The second-order valence-corrected chi connectivity index (χ2v) is 8.08. The van der Waals surface area contributed by atoms with Crippen LogP contribution in [0.4, 0.5) is 5.69 Å². The Hall–Kier alpha value is -2.57. The van der Waals surface area contributed by atoms with Crippen molar-refractivity contribution in [1.82, 2.24) is 15.1 Å². The van der Waals surface area contributed by atoms with Gasteiger partial charge in [-0.15, -0.1) is 0 Å². The van der Waals surface area contributed by atoms with E-state index in [2.05, 4.69) is 10.6 Å². The van der Waals surface area contributed by atoms with Crippen molar-refractivity contribution in [2.75, 3.05) is 38.0 Å². The van der Waals surface area contributed by atoms with Crippen LogP contribution in [-0.4, -0.2) is 66.3 Å². The highest BCUT2D eigenvalue weighted by Gasteiger charge is 2.22. The zero-order valence-corrected chi connectivity index (χ0v) is 17.5. The second-order valence-electron chi connectivity index (χ2n) is 8.08. The molecule has 2 aliphatic rings. The van der Waals surface area contributed by atoms with Crippen molar-refractivity contribution in [1.29, 1.82) is 0 Å². The van der Waals surface area contributed by atoms with E-state index in [1.807, 2.05) is 25.1 Å². The highest BCUT2D eigenvalue weighted by molar-refractivity contribution is 5.95. The number of carbonyl (C=O) groups excluding carboxylic acids is 3. The van der Waals surface area contributed by atoms with Gasteiger partial charge in [0.1, 0.15) is 0 Å². The second kappa shape index (κ2) is 9.76. The third-order valence-corrected chi connectivity index (χ3v) is 5.94. The molecule has 2 fully saturated rings. The molecule has 3 rings (SSSR count). The highest BCUT2D eigenvalue weighted by Crippen LogP contribution is 2.20. The van der Waals surface area contributed by atoms with Gasteiger partial charge in [0.2, 0.25) is 11.8 Å². The summed E-state index contributed by atoms with van der Waals surface area (Å²) in [5, 5.41) is 6.33. The number of aryl methyl sites for hydroxylation is 1. The topological polar surface area (TPSA) is 81.8 Å². The number of hydrogen-bond acceptors (Lipinski definition) is 4. The third kappa shape index (κ3) is 5.71. The Balaban J connectivity index is 1.49.